The van der Waals surface area contributed by atoms with Crippen molar-refractivity contribution in [3.05, 3.63) is 70.6 Å². The summed E-state index contributed by atoms with van der Waals surface area (Å²) in [7, 11) is 0. The van der Waals surface area contributed by atoms with Crippen LogP contribution >= 0.6 is 0 Å². The molecular formula is C47H76N4O6. The zero-order valence-electron chi connectivity index (χ0n) is 36.7. The first-order chi connectivity index (χ1) is 27.4. The Hall–Kier alpha value is -4.05. The molecule has 2 heterocycles. The number of piperidine rings is 1. The number of likely N-dealkylation sites (tertiary alicyclic amines) is 1. The molecule has 0 radical (unpaired) electrons. The molecule has 2 aromatic carbocycles. The molecule has 0 bridgehead atoms. The number of para-hydroxylation sites is 1. The average molecular weight is 793 g/mol. The molecule has 3 fully saturated rings. The molecule has 1 aliphatic carbocycles. The molecule has 3 aliphatic rings. The van der Waals surface area contributed by atoms with E-state index in [0.717, 1.165) is 113 Å². The van der Waals surface area contributed by atoms with Gasteiger partial charge in [0.1, 0.15) is 5.75 Å². The number of hydrogen-bond donors (Lipinski definition) is 3. The Balaban J connectivity index is 0.000000349. The number of phenolic OH excluding ortho intramolecular Hbond substituents is 1. The molecule has 320 valence electrons. The summed E-state index contributed by atoms with van der Waals surface area (Å²) in [6.45, 7) is 22.2. The summed E-state index contributed by atoms with van der Waals surface area (Å²) < 4.78 is 5.99. The van der Waals surface area contributed by atoms with E-state index < -0.39 is 5.97 Å². The number of aryl methyl sites for hydroxylation is 4. The molecule has 0 atom stereocenters. The number of carboxylic acids is 1. The summed E-state index contributed by atoms with van der Waals surface area (Å²) in [5.41, 5.74) is 5.24. The van der Waals surface area contributed by atoms with Crippen LogP contribution in [0, 0.1) is 32.6 Å². The van der Waals surface area contributed by atoms with Gasteiger partial charge in [-0.1, -0.05) is 89.8 Å². The number of nitrogens with zero attached hydrogens (tertiary/aromatic N) is 3. The first-order valence-electron chi connectivity index (χ1n) is 21.7. The Morgan fingerprint density at radius 3 is 1.95 bits per heavy atom. The Morgan fingerprint density at radius 2 is 1.42 bits per heavy atom. The number of aliphatic carboxylic acids is 1. The Labute approximate surface area is 345 Å². The van der Waals surface area contributed by atoms with E-state index in [2.05, 4.69) is 55.8 Å². The van der Waals surface area contributed by atoms with Gasteiger partial charge in [0.15, 0.2) is 12.5 Å². The molecule has 2 saturated heterocycles. The van der Waals surface area contributed by atoms with Gasteiger partial charge in [0.2, 0.25) is 6.41 Å². The molecule has 5 rings (SSSR count). The SMILES string of the molecule is CC/C=C(/OCC(=O)N1CCN(C2CCC(CC(=O)O)CC2)CC1)N1CCC(C)CC1.CCCC.CCCc1ccccc1NC=O.Cc1cc(C)c(O)c(C)c1. The number of amides is 2. The van der Waals surface area contributed by atoms with Crippen LogP contribution in [-0.4, -0.2) is 95.1 Å². The second-order valence-electron chi connectivity index (χ2n) is 16.0. The van der Waals surface area contributed by atoms with Crippen molar-refractivity contribution in [2.24, 2.45) is 11.8 Å². The molecule has 2 aromatic rings. The van der Waals surface area contributed by atoms with Crippen LogP contribution in [0.4, 0.5) is 5.69 Å². The Morgan fingerprint density at radius 1 is 0.825 bits per heavy atom. The molecule has 10 heteroatoms. The molecule has 0 unspecified atom stereocenters. The van der Waals surface area contributed by atoms with E-state index in [1.165, 1.54) is 36.8 Å². The van der Waals surface area contributed by atoms with E-state index >= 15 is 0 Å². The van der Waals surface area contributed by atoms with E-state index in [9.17, 15) is 19.5 Å². The van der Waals surface area contributed by atoms with Gasteiger partial charge in [-0.15, -0.1) is 0 Å². The van der Waals surface area contributed by atoms with Crippen LogP contribution in [0.5, 0.6) is 5.75 Å². The highest BCUT2D eigenvalue weighted by atomic mass is 16.5. The second kappa shape index (κ2) is 27.6. The number of allylic oxidation sites excluding steroid dienone is 1. The van der Waals surface area contributed by atoms with E-state index in [-0.39, 0.29) is 12.5 Å². The minimum atomic E-state index is -0.676. The number of phenols is 1. The van der Waals surface area contributed by atoms with E-state index in [4.69, 9.17) is 9.84 Å². The maximum Gasteiger partial charge on any atom is 0.303 e. The Kier molecular flexibility index (Phi) is 23.7. The van der Waals surface area contributed by atoms with Crippen molar-refractivity contribution in [3.8, 4) is 5.75 Å². The van der Waals surface area contributed by atoms with Crippen LogP contribution in [0.1, 0.15) is 128 Å². The van der Waals surface area contributed by atoms with Crippen molar-refractivity contribution in [3.63, 3.8) is 0 Å². The highest BCUT2D eigenvalue weighted by Gasteiger charge is 2.30. The van der Waals surface area contributed by atoms with Gasteiger partial charge in [-0.25, -0.2) is 0 Å². The predicted octanol–water partition coefficient (Wildman–Crippen LogP) is 9.50. The fourth-order valence-electron chi connectivity index (χ4n) is 7.59. The fraction of sp³-hybridized carbons (Fsp3) is 0.638. The third-order valence-electron chi connectivity index (χ3n) is 11.2. The number of aromatic hydroxyl groups is 1. The van der Waals surface area contributed by atoms with Crippen LogP contribution in [0.15, 0.2) is 48.4 Å². The second-order valence-corrected chi connectivity index (χ2v) is 16.0. The quantitative estimate of drug-likeness (QED) is 0.136. The number of benzene rings is 2. The first-order valence-corrected chi connectivity index (χ1v) is 21.7. The van der Waals surface area contributed by atoms with Crippen molar-refractivity contribution in [1.29, 1.82) is 0 Å². The molecule has 1 saturated carbocycles. The number of rotatable bonds is 13. The minimum absolute atomic E-state index is 0.0807. The summed E-state index contributed by atoms with van der Waals surface area (Å²) in [6.07, 6.45) is 15.3. The van der Waals surface area contributed by atoms with Crippen molar-refractivity contribution in [1.82, 2.24) is 14.7 Å². The first kappa shape index (κ1) is 49.1. The lowest BCUT2D eigenvalue weighted by Gasteiger charge is -2.42. The monoisotopic (exact) mass is 793 g/mol. The predicted molar refractivity (Wildman–Crippen MR) is 233 cm³/mol. The van der Waals surface area contributed by atoms with Gasteiger partial charge in [-0.3, -0.25) is 19.3 Å². The number of unbranched alkanes of at least 4 members (excludes halogenated alkanes) is 1. The van der Waals surface area contributed by atoms with Gasteiger partial charge < -0.3 is 30.1 Å². The lowest BCUT2D eigenvalue weighted by Crippen LogP contribution is -2.53. The van der Waals surface area contributed by atoms with Gasteiger partial charge in [0.05, 0.1) is 0 Å². The number of carbonyl (C=O) groups excluding carboxylic acids is 2. The van der Waals surface area contributed by atoms with Crippen LogP contribution in [0.25, 0.3) is 0 Å². The third-order valence-corrected chi connectivity index (χ3v) is 11.2. The largest absolute Gasteiger partial charge is 0.507 e. The smallest absolute Gasteiger partial charge is 0.303 e. The molecule has 3 N–H and O–H groups in total. The summed E-state index contributed by atoms with van der Waals surface area (Å²) >= 11 is 0. The topological polar surface area (TPSA) is 123 Å². The number of hydrogen-bond acceptors (Lipinski definition) is 7. The van der Waals surface area contributed by atoms with Gasteiger partial charge >= 0.3 is 5.97 Å². The lowest BCUT2D eigenvalue weighted by atomic mass is 9.83. The number of nitrogens with one attached hydrogen (secondary N) is 1. The summed E-state index contributed by atoms with van der Waals surface area (Å²) in [5.74, 6) is 1.80. The number of piperazine rings is 1. The number of carboxylic acid groups (broad SMARTS) is 1. The van der Waals surface area contributed by atoms with Crippen molar-refractivity contribution in [2.45, 2.75) is 138 Å². The van der Waals surface area contributed by atoms with E-state index in [0.29, 0.717) is 30.5 Å². The summed E-state index contributed by atoms with van der Waals surface area (Å²) in [5, 5.41) is 21.0. The number of anilines is 1. The number of carbonyl (C=O) groups is 3. The molecule has 10 nitrogen and oxygen atoms in total. The van der Waals surface area contributed by atoms with Crippen molar-refractivity contribution >= 4 is 24.0 Å². The summed E-state index contributed by atoms with van der Waals surface area (Å²) in [4.78, 5) is 40.6. The number of ether oxygens (including phenoxy) is 1. The van der Waals surface area contributed by atoms with Crippen molar-refractivity contribution < 1.29 is 29.3 Å². The molecule has 0 spiro atoms. The van der Waals surface area contributed by atoms with Crippen LogP contribution in [-0.2, 0) is 25.5 Å². The Bertz CT molecular complexity index is 1460. The van der Waals surface area contributed by atoms with Gasteiger partial charge in [0.25, 0.3) is 5.91 Å². The lowest BCUT2D eigenvalue weighted by molar-refractivity contribution is -0.138. The normalized spacial score (nSPS) is 18.8. The zero-order chi connectivity index (χ0) is 42.2. The molecule has 2 amide bonds. The van der Waals surface area contributed by atoms with Crippen molar-refractivity contribution in [2.75, 3.05) is 51.2 Å². The van der Waals surface area contributed by atoms with Crippen LogP contribution in [0.2, 0.25) is 0 Å². The van der Waals surface area contributed by atoms with Gasteiger partial charge in [0, 0.05) is 57.4 Å². The highest BCUT2D eigenvalue weighted by Crippen LogP contribution is 2.30. The molecule has 57 heavy (non-hydrogen) atoms. The summed E-state index contributed by atoms with van der Waals surface area (Å²) in [6, 6.07) is 12.4. The minimum Gasteiger partial charge on any atom is -0.507 e. The molecule has 2 aliphatic heterocycles. The standard InChI is InChI=1S/C24H41N3O4.C10H13NO.C9H12O.C4H10/c1-3-4-23(27-11-9-19(2)10-12-27)31-18-22(28)26-15-13-25(14-16-26)21-7-5-20(6-8-21)17-24(29)30;1-2-5-9-6-3-4-7-10(9)11-8-12;1-6-4-7(2)9(10)8(3)5-6;1-3-4-2/h4,19-21H,3,5-18H2,1-2H3,(H,29,30);3-4,6-8H,2,5H2,1H3,(H,11,12);4-5,10H,1-3H3;3-4H2,1-2H3/b23-4+;;;. The average Bonchev–Trinajstić information content (AvgIpc) is 3.20. The van der Waals surface area contributed by atoms with Crippen LogP contribution in [0.3, 0.4) is 0 Å². The maximum atomic E-state index is 12.8. The molecular weight excluding hydrogens is 717 g/mol. The highest BCUT2D eigenvalue weighted by molar-refractivity contribution is 5.77. The molecule has 0 aromatic heterocycles. The van der Waals surface area contributed by atoms with E-state index in [1.807, 2.05) is 62.1 Å². The maximum absolute atomic E-state index is 12.8. The van der Waals surface area contributed by atoms with Gasteiger partial charge in [-0.2, -0.15) is 0 Å². The fourth-order valence-corrected chi connectivity index (χ4v) is 7.59. The van der Waals surface area contributed by atoms with Gasteiger partial charge in [-0.05, 0) is 113 Å². The van der Waals surface area contributed by atoms with E-state index in [1.54, 1.807) is 0 Å². The zero-order valence-corrected chi connectivity index (χ0v) is 36.7. The van der Waals surface area contributed by atoms with Crippen LogP contribution < -0.4 is 5.32 Å². The third kappa shape index (κ3) is 18.4.